The van der Waals surface area contributed by atoms with E-state index in [0.717, 1.165) is 13.0 Å². The second-order valence-electron chi connectivity index (χ2n) is 9.13. The molecule has 0 radical (unpaired) electrons. The van der Waals surface area contributed by atoms with E-state index < -0.39 is 5.97 Å². The Morgan fingerprint density at radius 1 is 0.375 bits per heavy atom. The van der Waals surface area contributed by atoms with Gasteiger partial charge in [-0.05, 0) is 6.42 Å². The van der Waals surface area contributed by atoms with Crippen LogP contribution in [0.3, 0.4) is 0 Å². The lowest BCUT2D eigenvalue weighted by molar-refractivity contribution is -0.138. The monoisotopic (exact) mass is 582 g/mol. The van der Waals surface area contributed by atoms with Gasteiger partial charge in [0.05, 0.1) is 119 Å². The van der Waals surface area contributed by atoms with E-state index >= 15 is 0 Å². The molecule has 0 fully saturated rings. The first kappa shape index (κ1) is 39.1. The van der Waals surface area contributed by atoms with Gasteiger partial charge in [-0.1, -0.05) is 51.9 Å². The summed E-state index contributed by atoms with van der Waals surface area (Å²) < 4.78 is 48.8. The molecule has 0 unspecified atom stereocenters. The third kappa shape index (κ3) is 37.1. The molecule has 0 aliphatic heterocycles. The van der Waals surface area contributed by atoms with E-state index in [4.69, 9.17) is 47.7 Å². The normalized spacial score (nSPS) is 11.4. The number of hydrogen-bond donors (Lipinski definition) is 1. The van der Waals surface area contributed by atoms with Crippen LogP contribution < -0.4 is 0 Å². The van der Waals surface area contributed by atoms with Crippen molar-refractivity contribution in [2.45, 2.75) is 64.7 Å². The zero-order valence-corrected chi connectivity index (χ0v) is 25.1. The lowest BCUT2D eigenvalue weighted by Gasteiger charge is -2.09. The van der Waals surface area contributed by atoms with Crippen LogP contribution in [0.4, 0.5) is 0 Å². The van der Waals surface area contributed by atoms with Crippen LogP contribution in [0.15, 0.2) is 0 Å². The molecule has 0 aliphatic rings. The average molecular weight is 583 g/mol. The van der Waals surface area contributed by atoms with Gasteiger partial charge >= 0.3 is 5.97 Å². The first-order valence-corrected chi connectivity index (χ1v) is 15.2. The fraction of sp³-hybridized carbons (Fsp3) is 0.966. The number of ether oxygens (including phenoxy) is 9. The molecule has 0 aromatic carbocycles. The van der Waals surface area contributed by atoms with E-state index in [1.54, 1.807) is 0 Å². The van der Waals surface area contributed by atoms with Gasteiger partial charge in [0.2, 0.25) is 0 Å². The highest BCUT2D eigenvalue weighted by atomic mass is 16.6. The predicted molar refractivity (Wildman–Crippen MR) is 152 cm³/mol. The molecule has 0 spiro atoms. The second-order valence-corrected chi connectivity index (χ2v) is 9.13. The highest BCUT2D eigenvalue weighted by Crippen LogP contribution is 2.08. The highest BCUT2D eigenvalue weighted by Gasteiger charge is 1.98. The standard InChI is InChI=1S/C29H58O11/c1-2-3-4-5-6-7-8-9-11-32-13-15-34-17-19-36-21-23-38-25-27-40-28-26-39-24-22-37-20-18-35-16-14-33-12-10-29(30)31/h2-28H2,1H3,(H,30,31). The number of aliphatic carboxylic acids is 1. The maximum absolute atomic E-state index is 10.3. The zero-order valence-electron chi connectivity index (χ0n) is 25.1. The summed E-state index contributed by atoms with van der Waals surface area (Å²) in [6.45, 7) is 11.4. The fourth-order valence-electron chi connectivity index (χ4n) is 3.36. The average Bonchev–Trinajstić information content (AvgIpc) is 2.95. The molecule has 0 saturated heterocycles. The van der Waals surface area contributed by atoms with Gasteiger partial charge in [-0.15, -0.1) is 0 Å². The summed E-state index contributed by atoms with van der Waals surface area (Å²) in [5.41, 5.74) is 0. The molecule has 0 bridgehead atoms. The number of carboxylic acids is 1. The van der Waals surface area contributed by atoms with Crippen LogP contribution in [0.1, 0.15) is 64.7 Å². The van der Waals surface area contributed by atoms with Gasteiger partial charge in [-0.3, -0.25) is 4.79 Å². The van der Waals surface area contributed by atoms with Gasteiger partial charge in [-0.25, -0.2) is 0 Å². The van der Waals surface area contributed by atoms with Crippen molar-refractivity contribution >= 4 is 5.97 Å². The van der Waals surface area contributed by atoms with Crippen molar-refractivity contribution in [1.82, 2.24) is 0 Å². The van der Waals surface area contributed by atoms with Crippen molar-refractivity contribution in [2.75, 3.05) is 119 Å². The Bertz CT molecular complexity index is 483. The topological polar surface area (TPSA) is 120 Å². The minimum atomic E-state index is -0.868. The Labute approximate surface area is 242 Å². The van der Waals surface area contributed by atoms with E-state index in [9.17, 15) is 4.79 Å². The summed E-state index contributed by atoms with van der Waals surface area (Å²) >= 11 is 0. The van der Waals surface area contributed by atoms with Crippen LogP contribution >= 0.6 is 0 Å². The summed E-state index contributed by atoms with van der Waals surface area (Å²) in [4.78, 5) is 10.3. The van der Waals surface area contributed by atoms with Crippen LogP contribution in [-0.2, 0) is 47.4 Å². The molecule has 0 atom stereocenters. The van der Waals surface area contributed by atoms with Crippen molar-refractivity contribution in [3.05, 3.63) is 0 Å². The maximum atomic E-state index is 10.3. The molecule has 0 aliphatic carbocycles. The molecular formula is C29H58O11. The van der Waals surface area contributed by atoms with E-state index in [0.29, 0.717) is 106 Å². The van der Waals surface area contributed by atoms with Crippen molar-refractivity contribution in [3.63, 3.8) is 0 Å². The summed E-state index contributed by atoms with van der Waals surface area (Å²) in [6.07, 6.45) is 10.5. The van der Waals surface area contributed by atoms with Crippen LogP contribution in [0.2, 0.25) is 0 Å². The van der Waals surface area contributed by atoms with Crippen molar-refractivity contribution in [1.29, 1.82) is 0 Å². The number of carboxylic acid groups (broad SMARTS) is 1. The molecule has 0 heterocycles. The highest BCUT2D eigenvalue weighted by molar-refractivity contribution is 5.66. The van der Waals surface area contributed by atoms with E-state index in [1.165, 1.54) is 44.9 Å². The lowest BCUT2D eigenvalue weighted by atomic mass is 10.1. The van der Waals surface area contributed by atoms with Crippen LogP contribution in [-0.4, -0.2) is 130 Å². The van der Waals surface area contributed by atoms with Crippen molar-refractivity contribution < 1.29 is 52.5 Å². The molecular weight excluding hydrogens is 524 g/mol. The van der Waals surface area contributed by atoms with Crippen LogP contribution in [0.5, 0.6) is 0 Å². The Morgan fingerprint density at radius 3 is 0.925 bits per heavy atom. The molecule has 0 saturated carbocycles. The summed E-state index contributed by atoms with van der Waals surface area (Å²) in [5.74, 6) is -0.868. The minimum Gasteiger partial charge on any atom is -0.481 e. The van der Waals surface area contributed by atoms with Gasteiger partial charge < -0.3 is 47.7 Å². The third-order valence-electron chi connectivity index (χ3n) is 5.58. The van der Waals surface area contributed by atoms with Gasteiger partial charge in [0.1, 0.15) is 0 Å². The first-order chi connectivity index (χ1) is 19.8. The molecule has 11 heteroatoms. The smallest absolute Gasteiger partial charge is 0.305 e. The van der Waals surface area contributed by atoms with E-state index in [-0.39, 0.29) is 13.0 Å². The van der Waals surface area contributed by atoms with Crippen LogP contribution in [0.25, 0.3) is 0 Å². The molecule has 1 N–H and O–H groups in total. The number of hydrogen-bond acceptors (Lipinski definition) is 10. The maximum Gasteiger partial charge on any atom is 0.305 e. The van der Waals surface area contributed by atoms with Crippen LogP contribution in [0, 0.1) is 0 Å². The number of rotatable bonds is 36. The Balaban J connectivity index is 3.03. The minimum absolute atomic E-state index is 0.00469. The largest absolute Gasteiger partial charge is 0.481 e. The SMILES string of the molecule is CCCCCCCCCCOCCOCCOCCOCCOCCOCCOCCOCCOCCC(=O)O. The summed E-state index contributed by atoms with van der Waals surface area (Å²) in [6, 6.07) is 0. The van der Waals surface area contributed by atoms with Crippen molar-refractivity contribution in [3.8, 4) is 0 Å². The molecule has 0 aromatic rings. The summed E-state index contributed by atoms with van der Waals surface area (Å²) in [5, 5.41) is 8.48. The van der Waals surface area contributed by atoms with E-state index in [1.807, 2.05) is 0 Å². The predicted octanol–water partition coefficient (Wildman–Crippen LogP) is 3.75. The van der Waals surface area contributed by atoms with Gasteiger partial charge in [0.25, 0.3) is 0 Å². The Morgan fingerprint density at radius 2 is 0.625 bits per heavy atom. The van der Waals surface area contributed by atoms with Crippen molar-refractivity contribution in [2.24, 2.45) is 0 Å². The summed E-state index contributed by atoms with van der Waals surface area (Å²) in [7, 11) is 0. The molecule has 0 amide bonds. The number of unbranched alkanes of at least 4 members (excludes halogenated alkanes) is 7. The second kappa shape index (κ2) is 36.1. The molecule has 0 aromatic heterocycles. The Kier molecular flexibility index (Phi) is 35.3. The molecule has 11 nitrogen and oxygen atoms in total. The third-order valence-corrected chi connectivity index (χ3v) is 5.58. The van der Waals surface area contributed by atoms with E-state index in [2.05, 4.69) is 6.92 Å². The molecule has 240 valence electrons. The number of carbonyl (C=O) groups is 1. The molecule has 40 heavy (non-hydrogen) atoms. The van der Waals surface area contributed by atoms with Gasteiger partial charge in [-0.2, -0.15) is 0 Å². The van der Waals surface area contributed by atoms with Gasteiger partial charge in [0, 0.05) is 6.61 Å². The lowest BCUT2D eigenvalue weighted by Crippen LogP contribution is -2.15. The first-order valence-electron chi connectivity index (χ1n) is 15.2. The fourth-order valence-corrected chi connectivity index (χ4v) is 3.36. The molecule has 0 rings (SSSR count). The quantitative estimate of drug-likeness (QED) is 0.109. The Hall–Kier alpha value is -0.890. The zero-order chi connectivity index (χ0) is 29.0. The van der Waals surface area contributed by atoms with Gasteiger partial charge in [0.15, 0.2) is 0 Å².